The SMILES string of the molecule is CCCNc1nc(N)c(C(=O)Nc2ccc(SC)cc2)s1. The van der Waals surface area contributed by atoms with E-state index < -0.39 is 0 Å². The van der Waals surface area contributed by atoms with Crippen LogP contribution in [0.25, 0.3) is 0 Å². The zero-order valence-corrected chi connectivity index (χ0v) is 13.6. The molecule has 0 atom stereocenters. The highest BCUT2D eigenvalue weighted by molar-refractivity contribution is 7.98. The second-order valence-corrected chi connectivity index (χ2v) is 6.22. The number of aromatic nitrogens is 1. The summed E-state index contributed by atoms with van der Waals surface area (Å²) in [6.45, 7) is 2.87. The average Bonchev–Trinajstić information content (AvgIpc) is 2.87. The molecule has 1 amide bonds. The van der Waals surface area contributed by atoms with Crippen molar-refractivity contribution in [2.24, 2.45) is 0 Å². The number of nitrogens with two attached hydrogens (primary N) is 1. The summed E-state index contributed by atoms with van der Waals surface area (Å²) in [4.78, 5) is 18.0. The molecule has 0 bridgehead atoms. The monoisotopic (exact) mass is 322 g/mol. The molecule has 0 unspecified atom stereocenters. The summed E-state index contributed by atoms with van der Waals surface area (Å²) in [5.41, 5.74) is 6.55. The van der Waals surface area contributed by atoms with E-state index >= 15 is 0 Å². The molecule has 0 saturated carbocycles. The molecule has 2 rings (SSSR count). The Balaban J connectivity index is 2.06. The maximum absolute atomic E-state index is 12.2. The first-order valence-electron chi connectivity index (χ1n) is 6.59. The van der Waals surface area contributed by atoms with Crippen LogP contribution in [-0.4, -0.2) is 23.7 Å². The van der Waals surface area contributed by atoms with Crippen molar-refractivity contribution < 1.29 is 4.79 Å². The van der Waals surface area contributed by atoms with Gasteiger partial charge in [0, 0.05) is 17.1 Å². The number of thioether (sulfide) groups is 1. The summed E-state index contributed by atoms with van der Waals surface area (Å²) >= 11 is 2.93. The van der Waals surface area contributed by atoms with Gasteiger partial charge in [-0.2, -0.15) is 0 Å². The molecule has 4 N–H and O–H groups in total. The number of benzene rings is 1. The molecule has 1 aromatic heterocycles. The Kier molecular flexibility index (Phi) is 5.46. The van der Waals surface area contributed by atoms with Gasteiger partial charge in [0.25, 0.3) is 5.91 Å². The predicted molar refractivity (Wildman–Crippen MR) is 91.5 cm³/mol. The standard InChI is InChI=1S/C14H18N4OS2/c1-3-8-16-14-18-12(15)11(21-14)13(19)17-9-4-6-10(20-2)7-5-9/h4-7H,3,8,15H2,1-2H3,(H,16,18)(H,17,19). The number of nitrogen functional groups attached to an aromatic ring is 1. The molecule has 0 aliphatic rings. The Hall–Kier alpha value is -1.73. The van der Waals surface area contributed by atoms with Crippen LogP contribution >= 0.6 is 23.1 Å². The number of hydrogen-bond acceptors (Lipinski definition) is 6. The number of hydrogen-bond donors (Lipinski definition) is 3. The van der Waals surface area contributed by atoms with E-state index in [9.17, 15) is 4.79 Å². The van der Waals surface area contributed by atoms with Crippen LogP contribution in [0.4, 0.5) is 16.6 Å². The summed E-state index contributed by atoms with van der Waals surface area (Å²) in [6, 6.07) is 7.67. The largest absolute Gasteiger partial charge is 0.382 e. The quantitative estimate of drug-likeness (QED) is 0.709. The number of thiazole rings is 1. The van der Waals surface area contributed by atoms with Crippen LogP contribution in [0.15, 0.2) is 29.2 Å². The highest BCUT2D eigenvalue weighted by Crippen LogP contribution is 2.26. The first kappa shape index (κ1) is 15.7. The number of nitrogens with zero attached hydrogens (tertiary/aromatic N) is 1. The smallest absolute Gasteiger partial charge is 0.269 e. The second-order valence-electron chi connectivity index (χ2n) is 4.34. The van der Waals surface area contributed by atoms with Gasteiger partial charge in [0.1, 0.15) is 10.7 Å². The third-order valence-electron chi connectivity index (χ3n) is 2.73. The van der Waals surface area contributed by atoms with E-state index in [1.807, 2.05) is 30.5 Å². The Morgan fingerprint density at radius 2 is 2.10 bits per heavy atom. The van der Waals surface area contributed by atoms with Crippen LogP contribution in [0.1, 0.15) is 23.0 Å². The van der Waals surface area contributed by atoms with Crippen LogP contribution < -0.4 is 16.4 Å². The molecule has 0 radical (unpaired) electrons. The number of nitrogens with one attached hydrogen (secondary N) is 2. The van der Waals surface area contributed by atoms with E-state index in [1.165, 1.54) is 11.3 Å². The first-order valence-corrected chi connectivity index (χ1v) is 8.63. The number of carbonyl (C=O) groups excluding carboxylic acids is 1. The van der Waals surface area contributed by atoms with Crippen molar-refractivity contribution in [2.45, 2.75) is 18.2 Å². The van der Waals surface area contributed by atoms with E-state index in [4.69, 9.17) is 5.73 Å². The topological polar surface area (TPSA) is 80.0 Å². The highest BCUT2D eigenvalue weighted by Gasteiger charge is 2.16. The summed E-state index contributed by atoms with van der Waals surface area (Å²) in [7, 11) is 0. The number of carbonyl (C=O) groups is 1. The average molecular weight is 322 g/mol. The molecule has 2 aromatic rings. The molecular weight excluding hydrogens is 304 g/mol. The molecule has 0 spiro atoms. The lowest BCUT2D eigenvalue weighted by atomic mass is 10.3. The fourth-order valence-electron chi connectivity index (χ4n) is 1.66. The Morgan fingerprint density at radius 1 is 1.38 bits per heavy atom. The Bertz CT molecular complexity index is 610. The minimum atomic E-state index is -0.230. The van der Waals surface area contributed by atoms with Crippen molar-refractivity contribution in [3.05, 3.63) is 29.1 Å². The molecule has 0 aliphatic carbocycles. The third-order valence-corrected chi connectivity index (χ3v) is 4.50. The van der Waals surface area contributed by atoms with Crippen molar-refractivity contribution in [1.29, 1.82) is 0 Å². The minimum Gasteiger partial charge on any atom is -0.382 e. The van der Waals surface area contributed by atoms with Crippen LogP contribution in [-0.2, 0) is 0 Å². The second kappa shape index (κ2) is 7.33. The van der Waals surface area contributed by atoms with E-state index in [2.05, 4.69) is 22.5 Å². The van der Waals surface area contributed by atoms with Gasteiger partial charge in [0.2, 0.25) is 0 Å². The fourth-order valence-corrected chi connectivity index (χ4v) is 2.88. The van der Waals surface area contributed by atoms with Crippen LogP contribution in [0.2, 0.25) is 0 Å². The number of anilines is 3. The maximum Gasteiger partial charge on any atom is 0.269 e. The minimum absolute atomic E-state index is 0.230. The summed E-state index contributed by atoms with van der Waals surface area (Å²) < 4.78 is 0. The summed E-state index contributed by atoms with van der Waals surface area (Å²) in [6.07, 6.45) is 3.00. The van der Waals surface area contributed by atoms with Crippen LogP contribution in [0, 0.1) is 0 Å². The molecule has 0 fully saturated rings. The van der Waals surface area contributed by atoms with Crippen LogP contribution in [0.3, 0.4) is 0 Å². The molecule has 0 saturated heterocycles. The van der Waals surface area contributed by atoms with E-state index in [0.717, 1.165) is 23.5 Å². The van der Waals surface area contributed by atoms with Crippen LogP contribution in [0.5, 0.6) is 0 Å². The van der Waals surface area contributed by atoms with Gasteiger partial charge in [0.05, 0.1) is 0 Å². The maximum atomic E-state index is 12.2. The molecule has 1 heterocycles. The molecule has 112 valence electrons. The first-order chi connectivity index (χ1) is 10.1. The van der Waals surface area contributed by atoms with Crippen molar-refractivity contribution in [1.82, 2.24) is 4.98 Å². The molecule has 7 heteroatoms. The van der Waals surface area contributed by atoms with Gasteiger partial charge in [-0.3, -0.25) is 4.79 Å². The van der Waals surface area contributed by atoms with Gasteiger partial charge in [-0.1, -0.05) is 18.3 Å². The lowest BCUT2D eigenvalue weighted by Gasteiger charge is -2.04. The summed E-state index contributed by atoms with van der Waals surface area (Å²) in [5.74, 6) is 0.0308. The van der Waals surface area contributed by atoms with Crippen molar-refractivity contribution in [3.63, 3.8) is 0 Å². The van der Waals surface area contributed by atoms with Gasteiger partial charge in [-0.25, -0.2) is 4.98 Å². The summed E-state index contributed by atoms with van der Waals surface area (Å²) in [5, 5.41) is 6.65. The highest BCUT2D eigenvalue weighted by atomic mass is 32.2. The molecule has 21 heavy (non-hydrogen) atoms. The number of amides is 1. The zero-order chi connectivity index (χ0) is 15.2. The lowest BCUT2D eigenvalue weighted by Crippen LogP contribution is -2.12. The van der Waals surface area contributed by atoms with Crippen molar-refractivity contribution in [3.8, 4) is 0 Å². The van der Waals surface area contributed by atoms with Gasteiger partial charge in [-0.05, 0) is 36.9 Å². The normalized spacial score (nSPS) is 10.4. The van der Waals surface area contributed by atoms with E-state index in [0.29, 0.717) is 10.0 Å². The Morgan fingerprint density at radius 3 is 2.71 bits per heavy atom. The van der Waals surface area contributed by atoms with Gasteiger partial charge < -0.3 is 16.4 Å². The Labute approximate surface area is 132 Å². The zero-order valence-electron chi connectivity index (χ0n) is 12.0. The van der Waals surface area contributed by atoms with Crippen molar-refractivity contribution in [2.75, 3.05) is 29.2 Å². The van der Waals surface area contributed by atoms with E-state index in [-0.39, 0.29) is 11.7 Å². The lowest BCUT2D eigenvalue weighted by molar-refractivity contribution is 0.103. The van der Waals surface area contributed by atoms with Gasteiger partial charge in [0.15, 0.2) is 5.13 Å². The number of rotatable bonds is 6. The molecule has 0 aliphatic heterocycles. The van der Waals surface area contributed by atoms with Gasteiger partial charge >= 0.3 is 0 Å². The molecular formula is C14H18N4OS2. The van der Waals surface area contributed by atoms with E-state index in [1.54, 1.807) is 11.8 Å². The fraction of sp³-hybridized carbons (Fsp3) is 0.286. The molecule has 5 nitrogen and oxygen atoms in total. The van der Waals surface area contributed by atoms with Gasteiger partial charge in [-0.15, -0.1) is 11.8 Å². The van der Waals surface area contributed by atoms with Crippen molar-refractivity contribution >= 4 is 45.6 Å². The third kappa shape index (κ3) is 4.12. The molecule has 1 aromatic carbocycles. The predicted octanol–water partition coefficient (Wildman–Crippen LogP) is 3.52.